The summed E-state index contributed by atoms with van der Waals surface area (Å²) in [7, 11) is -4.55. The number of hydrogen-bond donors (Lipinski definition) is 1. The zero-order valence-electron chi connectivity index (χ0n) is 16.3. The molecule has 0 fully saturated rings. The Bertz CT molecular complexity index is 1220. The molecule has 0 aromatic heterocycles. The molecule has 6 heteroatoms. The van der Waals surface area contributed by atoms with Gasteiger partial charge in [-0.3, -0.25) is 4.55 Å². The van der Waals surface area contributed by atoms with E-state index in [-0.39, 0.29) is 6.04 Å². The van der Waals surface area contributed by atoms with Crippen LogP contribution in [0.15, 0.2) is 54.6 Å². The topological polar surface area (TPSA) is 60.6 Å². The summed E-state index contributed by atoms with van der Waals surface area (Å²) < 4.78 is 38.5. The van der Waals surface area contributed by atoms with Crippen LogP contribution in [0.1, 0.15) is 30.5 Å². The number of nitrogens with zero attached hydrogens (tertiary/aromatic N) is 2. The van der Waals surface area contributed by atoms with E-state index >= 15 is 0 Å². The number of rotatable bonds is 3. The Hall–Kier alpha value is -2.70. The smallest absolute Gasteiger partial charge is 0.251 e. The van der Waals surface area contributed by atoms with Gasteiger partial charge in [0.15, 0.2) is 5.69 Å². The van der Waals surface area contributed by atoms with Crippen molar-refractivity contribution in [1.82, 2.24) is 0 Å². The van der Waals surface area contributed by atoms with E-state index in [9.17, 15) is 13.0 Å². The number of anilines is 1. The molecule has 0 unspecified atom stereocenters. The minimum Gasteiger partial charge on any atom is -0.251 e. The number of amidine groups is 1. The normalized spacial score (nSPS) is 14.3. The predicted octanol–water partition coefficient (Wildman–Crippen LogP) is 4.58. The van der Waals surface area contributed by atoms with E-state index in [4.69, 9.17) is 0 Å². The van der Waals surface area contributed by atoms with Gasteiger partial charge in [-0.25, -0.2) is 4.58 Å². The first-order valence-electron chi connectivity index (χ1n) is 9.23. The molecule has 1 aliphatic heterocycles. The van der Waals surface area contributed by atoms with E-state index in [0.29, 0.717) is 11.5 Å². The lowest BCUT2D eigenvalue weighted by atomic mass is 10.0. The van der Waals surface area contributed by atoms with Crippen molar-refractivity contribution in [3.8, 4) is 0 Å². The zero-order valence-corrected chi connectivity index (χ0v) is 17.2. The van der Waals surface area contributed by atoms with Crippen LogP contribution in [0.2, 0.25) is 0 Å². The van der Waals surface area contributed by atoms with Crippen LogP contribution in [0, 0.1) is 13.8 Å². The second kappa shape index (κ2) is 6.43. The van der Waals surface area contributed by atoms with Gasteiger partial charge in [-0.1, -0.05) is 34.6 Å². The van der Waals surface area contributed by atoms with Crippen LogP contribution >= 0.6 is 0 Å². The molecular formula is C22H23N2O3S+. The van der Waals surface area contributed by atoms with Crippen molar-refractivity contribution in [1.29, 1.82) is 0 Å². The third-order valence-electron chi connectivity index (χ3n) is 4.99. The molecule has 144 valence electrons. The van der Waals surface area contributed by atoms with Crippen molar-refractivity contribution >= 4 is 38.3 Å². The molecule has 3 aromatic carbocycles. The molecule has 0 amide bonds. The highest BCUT2D eigenvalue weighted by molar-refractivity contribution is 7.88. The van der Waals surface area contributed by atoms with Crippen molar-refractivity contribution < 1.29 is 17.5 Å². The molecule has 0 bridgehead atoms. The first kappa shape index (κ1) is 18.7. The lowest BCUT2D eigenvalue weighted by Crippen LogP contribution is -2.45. The molecule has 1 aliphatic rings. The van der Waals surface area contributed by atoms with Crippen LogP contribution in [0.3, 0.4) is 0 Å². The summed E-state index contributed by atoms with van der Waals surface area (Å²) in [6, 6.07) is 17.3. The Morgan fingerprint density at radius 1 is 0.964 bits per heavy atom. The number of benzene rings is 3. The summed E-state index contributed by atoms with van der Waals surface area (Å²) in [4.78, 5) is 0. The quantitative estimate of drug-likeness (QED) is 0.522. The monoisotopic (exact) mass is 395 g/mol. The summed E-state index contributed by atoms with van der Waals surface area (Å²) >= 11 is 0. The summed E-state index contributed by atoms with van der Waals surface area (Å²) in [6.07, 6.45) is 0. The van der Waals surface area contributed by atoms with Crippen molar-refractivity contribution in [2.75, 3.05) is 4.31 Å². The molecule has 28 heavy (non-hydrogen) atoms. The van der Waals surface area contributed by atoms with Gasteiger partial charge in [0, 0.05) is 0 Å². The predicted molar refractivity (Wildman–Crippen MR) is 113 cm³/mol. The molecule has 5 nitrogen and oxygen atoms in total. The minimum absolute atomic E-state index is 0.0287. The Morgan fingerprint density at radius 3 is 2.14 bits per heavy atom. The van der Waals surface area contributed by atoms with Crippen molar-refractivity contribution in [2.24, 2.45) is 0 Å². The number of hydrogen-bond acceptors (Lipinski definition) is 2. The first-order chi connectivity index (χ1) is 13.2. The molecule has 0 saturated carbocycles. The highest BCUT2D eigenvalue weighted by Crippen LogP contribution is 2.41. The lowest BCUT2D eigenvalue weighted by Gasteiger charge is -2.28. The summed E-state index contributed by atoms with van der Waals surface area (Å²) in [5.41, 5.74) is 4.19. The molecule has 0 atom stereocenters. The highest BCUT2D eigenvalue weighted by atomic mass is 32.2. The van der Waals surface area contributed by atoms with Crippen LogP contribution in [0.25, 0.3) is 10.8 Å². The van der Waals surface area contributed by atoms with Crippen molar-refractivity contribution in [2.45, 2.75) is 33.7 Å². The maximum atomic E-state index is 12.6. The maximum absolute atomic E-state index is 12.6. The highest BCUT2D eigenvalue weighted by Gasteiger charge is 2.43. The van der Waals surface area contributed by atoms with Gasteiger partial charge in [-0.15, -0.1) is 0 Å². The molecule has 0 spiro atoms. The van der Waals surface area contributed by atoms with Crippen LogP contribution in [0.4, 0.5) is 11.4 Å². The molecule has 3 aromatic rings. The van der Waals surface area contributed by atoms with E-state index in [1.807, 2.05) is 80.8 Å². The van der Waals surface area contributed by atoms with E-state index in [1.165, 1.54) is 0 Å². The maximum Gasteiger partial charge on any atom is 0.440 e. The average Bonchev–Trinajstić information content (AvgIpc) is 2.59. The fourth-order valence-electron chi connectivity index (χ4n) is 4.11. The van der Waals surface area contributed by atoms with Gasteiger partial charge >= 0.3 is 16.1 Å². The van der Waals surface area contributed by atoms with Gasteiger partial charge in [0.05, 0.1) is 17.0 Å². The molecular weight excluding hydrogens is 372 g/mol. The van der Waals surface area contributed by atoms with Crippen molar-refractivity contribution in [3.63, 3.8) is 0 Å². The van der Waals surface area contributed by atoms with E-state index < -0.39 is 10.3 Å². The van der Waals surface area contributed by atoms with Gasteiger partial charge in [-0.05, 0) is 68.5 Å². The van der Waals surface area contributed by atoms with Crippen molar-refractivity contribution in [3.05, 3.63) is 71.3 Å². The summed E-state index contributed by atoms with van der Waals surface area (Å²) in [5.74, 6) is 0.440. The summed E-state index contributed by atoms with van der Waals surface area (Å²) in [5, 5.41) is 1.73. The number of aryl methyl sites for hydroxylation is 2. The van der Waals surface area contributed by atoms with Gasteiger partial charge in [0.2, 0.25) is 0 Å². The van der Waals surface area contributed by atoms with Gasteiger partial charge < -0.3 is 0 Å². The first-order valence-corrected chi connectivity index (χ1v) is 10.6. The minimum atomic E-state index is -4.55. The third-order valence-corrected chi connectivity index (χ3v) is 5.82. The molecule has 1 N–H and O–H groups in total. The fourth-order valence-corrected chi connectivity index (χ4v) is 4.93. The summed E-state index contributed by atoms with van der Waals surface area (Å²) in [6.45, 7) is 7.98. The standard InChI is InChI=1S/C22H22N2O3S/c1-14(2)23-19-9-5-7-17-8-6-10-20(21(17)19)24(28(25,26)27)22(23)18-12-15(3)11-16(4)13-18/h5-14H,1-4H3/p+1. The van der Waals surface area contributed by atoms with E-state index in [0.717, 1.165) is 37.5 Å². The molecule has 0 radical (unpaired) electrons. The molecule has 4 rings (SSSR count). The average molecular weight is 396 g/mol. The van der Waals surface area contributed by atoms with Gasteiger partial charge in [0.25, 0.3) is 0 Å². The van der Waals surface area contributed by atoms with Gasteiger partial charge in [0.1, 0.15) is 5.69 Å². The van der Waals surface area contributed by atoms with Crippen LogP contribution in [-0.4, -0.2) is 29.4 Å². The largest absolute Gasteiger partial charge is 0.440 e. The Balaban J connectivity index is 2.22. The van der Waals surface area contributed by atoms with E-state index in [1.54, 1.807) is 6.07 Å². The molecule has 1 heterocycles. The Labute approximate surface area is 165 Å². The fraction of sp³-hybridized carbons (Fsp3) is 0.227. The third kappa shape index (κ3) is 2.89. The van der Waals surface area contributed by atoms with Crippen LogP contribution in [-0.2, 0) is 10.3 Å². The zero-order chi connectivity index (χ0) is 20.2. The second-order valence-corrected chi connectivity index (χ2v) is 8.82. The van der Waals surface area contributed by atoms with E-state index in [2.05, 4.69) is 0 Å². The molecule has 0 aliphatic carbocycles. The van der Waals surface area contributed by atoms with Crippen LogP contribution in [0.5, 0.6) is 0 Å². The Morgan fingerprint density at radius 2 is 1.57 bits per heavy atom. The van der Waals surface area contributed by atoms with Gasteiger partial charge in [-0.2, -0.15) is 8.42 Å². The Kier molecular flexibility index (Phi) is 4.28. The van der Waals surface area contributed by atoms with Crippen LogP contribution < -0.4 is 4.31 Å². The SMILES string of the molecule is Cc1cc(C)cc(C2=[N+](C(C)C)c3cccc4cccc(c34)N2S(=O)(=O)O)c1. The second-order valence-electron chi connectivity index (χ2n) is 7.56. The lowest BCUT2D eigenvalue weighted by molar-refractivity contribution is -0.475. The molecule has 0 saturated heterocycles.